The van der Waals surface area contributed by atoms with E-state index in [-0.39, 0.29) is 5.54 Å². The third-order valence-corrected chi connectivity index (χ3v) is 9.76. The standard InChI is InChI=1S/C31H33ClN6O/c32-25-8-2-6-20-5-1-7-23(28(20)25)29-33-16-24-26(35-29)15-27(39-19-31-11-3-13-38(31)14-4-12-31)36-30(24)37-17-21-9-10-22(18-37)34-21/h1-2,5-8,15-16,21-22,34H,3-4,9-14,17-19H2. The van der Waals surface area contributed by atoms with Crippen molar-refractivity contribution < 1.29 is 4.74 Å². The van der Waals surface area contributed by atoms with Crippen molar-refractivity contribution >= 4 is 39.1 Å². The second-order valence-electron chi connectivity index (χ2n) is 11.8. The van der Waals surface area contributed by atoms with Crippen LogP contribution in [0, 0.1) is 0 Å². The van der Waals surface area contributed by atoms with Crippen molar-refractivity contribution in [3.05, 3.63) is 53.7 Å². The highest BCUT2D eigenvalue weighted by Crippen LogP contribution is 2.40. The number of ether oxygens (including phenoxy) is 1. The van der Waals surface area contributed by atoms with Gasteiger partial charge in [-0.1, -0.05) is 41.9 Å². The van der Waals surface area contributed by atoms with Gasteiger partial charge < -0.3 is 15.0 Å². The summed E-state index contributed by atoms with van der Waals surface area (Å²) in [5, 5.41) is 7.48. The molecule has 2 unspecified atom stereocenters. The molecule has 4 aliphatic heterocycles. The molecule has 4 saturated heterocycles. The predicted molar refractivity (Wildman–Crippen MR) is 156 cm³/mol. The first-order valence-electron chi connectivity index (χ1n) is 14.4. The van der Waals surface area contributed by atoms with Gasteiger partial charge in [-0.2, -0.15) is 4.98 Å². The van der Waals surface area contributed by atoms with Gasteiger partial charge in [-0.05, 0) is 63.1 Å². The maximum atomic E-state index is 6.66. The Morgan fingerprint density at radius 1 is 1.00 bits per heavy atom. The lowest BCUT2D eigenvalue weighted by atomic mass is 9.95. The minimum atomic E-state index is 0.168. The van der Waals surface area contributed by atoms with E-state index in [0.717, 1.165) is 46.1 Å². The summed E-state index contributed by atoms with van der Waals surface area (Å²) in [6.07, 6.45) is 9.32. The minimum Gasteiger partial charge on any atom is -0.476 e. The molecule has 6 heterocycles. The fourth-order valence-corrected chi connectivity index (χ4v) is 7.84. The molecule has 39 heavy (non-hydrogen) atoms. The molecule has 0 spiro atoms. The van der Waals surface area contributed by atoms with Crippen LogP contribution in [-0.2, 0) is 0 Å². The summed E-state index contributed by atoms with van der Waals surface area (Å²) in [6.45, 7) is 4.95. The zero-order valence-electron chi connectivity index (χ0n) is 22.1. The molecule has 7 nitrogen and oxygen atoms in total. The van der Waals surface area contributed by atoms with E-state index in [1.807, 2.05) is 30.5 Å². The smallest absolute Gasteiger partial charge is 0.217 e. The van der Waals surface area contributed by atoms with Crippen molar-refractivity contribution in [3.63, 3.8) is 0 Å². The number of nitrogens with zero attached hydrogens (tertiary/aromatic N) is 5. The molecule has 0 saturated carbocycles. The predicted octanol–water partition coefficient (Wildman–Crippen LogP) is 5.45. The van der Waals surface area contributed by atoms with Crippen molar-refractivity contribution in [2.24, 2.45) is 0 Å². The summed E-state index contributed by atoms with van der Waals surface area (Å²) in [5.41, 5.74) is 1.97. The summed E-state index contributed by atoms with van der Waals surface area (Å²) in [4.78, 5) is 20.1. The average Bonchev–Trinajstić information content (AvgIpc) is 3.64. The van der Waals surface area contributed by atoms with Gasteiger partial charge in [0.1, 0.15) is 12.4 Å². The van der Waals surface area contributed by atoms with Crippen molar-refractivity contribution in [1.82, 2.24) is 25.2 Å². The third-order valence-electron chi connectivity index (χ3n) is 9.45. The summed E-state index contributed by atoms with van der Waals surface area (Å²) < 4.78 is 6.56. The number of halogens is 1. The summed E-state index contributed by atoms with van der Waals surface area (Å²) in [6, 6.07) is 15.2. The van der Waals surface area contributed by atoms with Gasteiger partial charge in [-0.3, -0.25) is 4.90 Å². The van der Waals surface area contributed by atoms with Gasteiger partial charge in [0, 0.05) is 53.4 Å². The fraction of sp³-hybridized carbons (Fsp3) is 0.452. The first-order chi connectivity index (χ1) is 19.1. The molecule has 8 heteroatoms. The van der Waals surface area contributed by atoms with E-state index in [0.29, 0.717) is 35.4 Å². The van der Waals surface area contributed by atoms with E-state index in [1.165, 1.54) is 51.6 Å². The molecule has 200 valence electrons. The Hall–Kier alpha value is -3.00. The fourth-order valence-electron chi connectivity index (χ4n) is 7.56. The number of aromatic nitrogens is 3. The maximum absolute atomic E-state index is 6.66. The van der Waals surface area contributed by atoms with Crippen LogP contribution in [0.25, 0.3) is 33.1 Å². The molecule has 0 aliphatic carbocycles. The Morgan fingerprint density at radius 2 is 1.77 bits per heavy atom. The lowest BCUT2D eigenvalue weighted by Crippen LogP contribution is -2.51. The van der Waals surface area contributed by atoms with E-state index in [9.17, 15) is 0 Å². The van der Waals surface area contributed by atoms with E-state index in [4.69, 9.17) is 31.3 Å². The van der Waals surface area contributed by atoms with Crippen molar-refractivity contribution in [3.8, 4) is 17.3 Å². The second-order valence-corrected chi connectivity index (χ2v) is 12.2. The van der Waals surface area contributed by atoms with Gasteiger partial charge in [0.2, 0.25) is 5.88 Å². The van der Waals surface area contributed by atoms with Gasteiger partial charge in [0.05, 0.1) is 16.4 Å². The average molecular weight is 541 g/mol. The van der Waals surface area contributed by atoms with Crippen molar-refractivity contribution in [1.29, 1.82) is 0 Å². The number of rotatable bonds is 5. The van der Waals surface area contributed by atoms with Crippen LogP contribution in [-0.4, -0.2) is 70.3 Å². The number of anilines is 1. The number of benzene rings is 2. The van der Waals surface area contributed by atoms with Crippen LogP contribution >= 0.6 is 11.6 Å². The quantitative estimate of drug-likeness (QED) is 0.361. The van der Waals surface area contributed by atoms with Crippen LogP contribution in [0.15, 0.2) is 48.7 Å². The molecule has 2 aromatic heterocycles. The number of fused-ring (bicyclic) bond motifs is 5. The number of hydrogen-bond acceptors (Lipinski definition) is 7. The van der Waals surface area contributed by atoms with Gasteiger partial charge in [0.25, 0.3) is 0 Å². The van der Waals surface area contributed by atoms with Gasteiger partial charge >= 0.3 is 0 Å². The number of nitrogens with one attached hydrogen (secondary N) is 1. The molecule has 4 aliphatic rings. The Morgan fingerprint density at radius 3 is 2.56 bits per heavy atom. The molecule has 2 bridgehead atoms. The van der Waals surface area contributed by atoms with E-state index < -0.39 is 0 Å². The van der Waals surface area contributed by atoms with Crippen LogP contribution in [0.3, 0.4) is 0 Å². The van der Waals surface area contributed by atoms with Crippen LogP contribution < -0.4 is 15.0 Å². The Labute approximate surface area is 233 Å². The largest absolute Gasteiger partial charge is 0.476 e. The Bertz CT molecular complexity index is 1550. The van der Waals surface area contributed by atoms with E-state index in [2.05, 4.69) is 33.3 Å². The van der Waals surface area contributed by atoms with Crippen LogP contribution in [0.5, 0.6) is 5.88 Å². The highest BCUT2D eigenvalue weighted by atomic mass is 35.5. The molecule has 4 aromatic rings. The molecule has 0 amide bonds. The first-order valence-corrected chi connectivity index (χ1v) is 14.8. The normalized spacial score (nSPS) is 24.1. The highest BCUT2D eigenvalue weighted by Gasteiger charge is 2.45. The summed E-state index contributed by atoms with van der Waals surface area (Å²) in [5.74, 6) is 2.27. The number of pyridine rings is 1. The van der Waals surface area contributed by atoms with Gasteiger partial charge in [-0.15, -0.1) is 0 Å². The first kappa shape index (κ1) is 23.9. The number of hydrogen-bond donors (Lipinski definition) is 1. The summed E-state index contributed by atoms with van der Waals surface area (Å²) >= 11 is 6.66. The van der Waals surface area contributed by atoms with Crippen molar-refractivity contribution in [2.75, 3.05) is 37.7 Å². The SMILES string of the molecule is Clc1cccc2cccc(-c3ncc4c(N5CC6CCC(C5)N6)nc(OCC56CCCN5CCC6)cc4n3)c12. The lowest BCUT2D eigenvalue weighted by Gasteiger charge is -2.35. The maximum Gasteiger partial charge on any atom is 0.217 e. The zero-order chi connectivity index (χ0) is 26.0. The summed E-state index contributed by atoms with van der Waals surface area (Å²) in [7, 11) is 0. The molecule has 0 radical (unpaired) electrons. The van der Waals surface area contributed by atoms with Crippen molar-refractivity contribution in [2.45, 2.75) is 56.1 Å². The van der Waals surface area contributed by atoms with E-state index >= 15 is 0 Å². The van der Waals surface area contributed by atoms with Gasteiger partial charge in [0.15, 0.2) is 5.82 Å². The molecule has 2 atom stereocenters. The highest BCUT2D eigenvalue weighted by molar-refractivity contribution is 6.36. The van der Waals surface area contributed by atoms with Crippen LogP contribution in [0.4, 0.5) is 5.82 Å². The lowest BCUT2D eigenvalue weighted by molar-refractivity contribution is 0.111. The Balaban J connectivity index is 1.22. The number of piperazine rings is 1. The van der Waals surface area contributed by atoms with Crippen LogP contribution in [0.2, 0.25) is 5.02 Å². The van der Waals surface area contributed by atoms with Gasteiger partial charge in [-0.25, -0.2) is 9.97 Å². The molecule has 4 fully saturated rings. The molecule has 1 N–H and O–H groups in total. The van der Waals surface area contributed by atoms with E-state index in [1.54, 1.807) is 0 Å². The minimum absolute atomic E-state index is 0.168. The topological polar surface area (TPSA) is 66.4 Å². The molecule has 2 aromatic carbocycles. The second kappa shape index (κ2) is 9.29. The molecular formula is C31H33ClN6O. The monoisotopic (exact) mass is 540 g/mol. The zero-order valence-corrected chi connectivity index (χ0v) is 22.8. The third kappa shape index (κ3) is 4.05. The molecular weight excluding hydrogens is 508 g/mol. The molecule has 8 rings (SSSR count). The Kier molecular flexibility index (Phi) is 5.68. The van der Waals surface area contributed by atoms with Crippen LogP contribution in [0.1, 0.15) is 38.5 Å².